The molecule has 2 bridgehead atoms. The van der Waals surface area contributed by atoms with Crippen molar-refractivity contribution in [2.24, 2.45) is 23.7 Å². The van der Waals surface area contributed by atoms with Gasteiger partial charge in [0, 0.05) is 6.04 Å². The lowest BCUT2D eigenvalue weighted by Crippen LogP contribution is -2.44. The van der Waals surface area contributed by atoms with Gasteiger partial charge in [0.1, 0.15) is 0 Å². The summed E-state index contributed by atoms with van der Waals surface area (Å²) in [5.74, 6) is 2.93. The molecule has 0 spiro atoms. The first-order chi connectivity index (χ1) is 7.99. The van der Waals surface area contributed by atoms with Gasteiger partial charge < -0.3 is 5.32 Å². The number of rotatable bonds is 4. The van der Waals surface area contributed by atoms with E-state index in [4.69, 9.17) is 0 Å². The SMILES string of the molecule is CC(C)C(S)C(=O)NC(C)C1CC2CCC1C2. The van der Waals surface area contributed by atoms with Gasteiger partial charge in [-0.3, -0.25) is 4.79 Å². The molecule has 0 aliphatic heterocycles. The van der Waals surface area contributed by atoms with Crippen molar-refractivity contribution < 1.29 is 4.79 Å². The number of carbonyl (C=O) groups excluding carboxylic acids is 1. The molecule has 2 aliphatic rings. The van der Waals surface area contributed by atoms with Gasteiger partial charge in [0.2, 0.25) is 5.91 Å². The highest BCUT2D eigenvalue weighted by atomic mass is 32.1. The second kappa shape index (κ2) is 5.21. The second-order valence-corrected chi connectivity index (χ2v) is 6.88. The maximum Gasteiger partial charge on any atom is 0.233 e. The first kappa shape index (κ1) is 13.3. The fourth-order valence-corrected chi connectivity index (χ4v) is 3.70. The molecule has 2 saturated carbocycles. The molecule has 0 aromatic carbocycles. The molecule has 2 aliphatic carbocycles. The molecule has 0 heterocycles. The van der Waals surface area contributed by atoms with Crippen LogP contribution in [0.2, 0.25) is 0 Å². The zero-order valence-corrected chi connectivity index (χ0v) is 12.0. The minimum Gasteiger partial charge on any atom is -0.352 e. The van der Waals surface area contributed by atoms with E-state index in [1.165, 1.54) is 25.7 Å². The molecule has 17 heavy (non-hydrogen) atoms. The van der Waals surface area contributed by atoms with Crippen molar-refractivity contribution in [1.29, 1.82) is 0 Å². The molecule has 2 fully saturated rings. The van der Waals surface area contributed by atoms with E-state index in [0.29, 0.717) is 17.9 Å². The number of thiol groups is 1. The van der Waals surface area contributed by atoms with Crippen molar-refractivity contribution in [1.82, 2.24) is 5.32 Å². The van der Waals surface area contributed by atoms with Crippen LogP contribution in [0.15, 0.2) is 0 Å². The van der Waals surface area contributed by atoms with E-state index >= 15 is 0 Å². The Morgan fingerprint density at radius 2 is 1.94 bits per heavy atom. The highest BCUT2D eigenvalue weighted by molar-refractivity contribution is 7.81. The third-order valence-corrected chi connectivity index (χ3v) is 5.54. The minimum absolute atomic E-state index is 0.110. The lowest BCUT2D eigenvalue weighted by Gasteiger charge is -2.29. The standard InChI is InChI=1S/C14H25NOS/c1-8(2)13(17)14(16)15-9(3)12-7-10-4-5-11(12)6-10/h8-13,17H,4-7H2,1-3H3,(H,15,16). The van der Waals surface area contributed by atoms with E-state index < -0.39 is 0 Å². The zero-order chi connectivity index (χ0) is 12.6. The molecule has 5 unspecified atom stereocenters. The van der Waals surface area contributed by atoms with Crippen molar-refractivity contribution in [2.75, 3.05) is 0 Å². The van der Waals surface area contributed by atoms with Gasteiger partial charge in [-0.05, 0) is 49.9 Å². The van der Waals surface area contributed by atoms with Crippen LogP contribution in [0.3, 0.4) is 0 Å². The van der Waals surface area contributed by atoms with Crippen LogP contribution >= 0.6 is 12.6 Å². The van der Waals surface area contributed by atoms with Gasteiger partial charge in [0.25, 0.3) is 0 Å². The lowest BCUT2D eigenvalue weighted by atomic mass is 9.84. The van der Waals surface area contributed by atoms with Crippen LogP contribution in [0.1, 0.15) is 46.5 Å². The van der Waals surface area contributed by atoms with Gasteiger partial charge in [-0.15, -0.1) is 0 Å². The molecule has 0 radical (unpaired) electrons. The van der Waals surface area contributed by atoms with Crippen LogP contribution in [0.25, 0.3) is 0 Å². The summed E-state index contributed by atoms with van der Waals surface area (Å²) in [6.07, 6.45) is 5.53. The quantitative estimate of drug-likeness (QED) is 0.743. The van der Waals surface area contributed by atoms with E-state index in [-0.39, 0.29) is 11.2 Å². The van der Waals surface area contributed by atoms with Gasteiger partial charge in [-0.25, -0.2) is 0 Å². The predicted octanol–water partition coefficient (Wildman–Crippen LogP) is 2.88. The normalized spacial score (nSPS) is 35.0. The smallest absolute Gasteiger partial charge is 0.233 e. The van der Waals surface area contributed by atoms with Gasteiger partial charge in [-0.1, -0.05) is 20.3 Å². The molecule has 0 aromatic rings. The van der Waals surface area contributed by atoms with Crippen molar-refractivity contribution >= 4 is 18.5 Å². The Labute approximate surface area is 110 Å². The van der Waals surface area contributed by atoms with Gasteiger partial charge in [0.15, 0.2) is 0 Å². The van der Waals surface area contributed by atoms with Crippen LogP contribution in [-0.4, -0.2) is 17.2 Å². The molecule has 0 aromatic heterocycles. The fraction of sp³-hybridized carbons (Fsp3) is 0.929. The number of amides is 1. The van der Waals surface area contributed by atoms with Crippen LogP contribution in [0.4, 0.5) is 0 Å². The van der Waals surface area contributed by atoms with Gasteiger partial charge >= 0.3 is 0 Å². The molecular formula is C14H25NOS. The molecule has 1 amide bonds. The fourth-order valence-electron chi connectivity index (χ4n) is 3.63. The Kier molecular flexibility index (Phi) is 4.06. The highest BCUT2D eigenvalue weighted by Gasteiger charge is 2.42. The summed E-state index contributed by atoms with van der Waals surface area (Å²) < 4.78 is 0. The largest absolute Gasteiger partial charge is 0.352 e. The van der Waals surface area contributed by atoms with Crippen molar-refractivity contribution in [2.45, 2.75) is 57.7 Å². The molecule has 1 N–H and O–H groups in total. The monoisotopic (exact) mass is 255 g/mol. The molecule has 2 rings (SSSR count). The Morgan fingerprint density at radius 1 is 1.24 bits per heavy atom. The number of fused-ring (bicyclic) bond motifs is 2. The number of hydrogen-bond donors (Lipinski definition) is 2. The first-order valence-electron chi connectivity index (χ1n) is 6.97. The Morgan fingerprint density at radius 3 is 2.41 bits per heavy atom. The molecule has 5 atom stereocenters. The van der Waals surface area contributed by atoms with Gasteiger partial charge in [-0.2, -0.15) is 12.6 Å². The van der Waals surface area contributed by atoms with E-state index in [2.05, 4.69) is 24.9 Å². The number of nitrogens with one attached hydrogen (secondary N) is 1. The van der Waals surface area contributed by atoms with E-state index in [1.54, 1.807) is 0 Å². The van der Waals surface area contributed by atoms with Crippen LogP contribution in [0.5, 0.6) is 0 Å². The molecule has 2 nitrogen and oxygen atoms in total. The third kappa shape index (κ3) is 2.81. The minimum atomic E-state index is -0.170. The average Bonchev–Trinajstić information content (AvgIpc) is 2.89. The summed E-state index contributed by atoms with van der Waals surface area (Å²) in [7, 11) is 0. The zero-order valence-electron chi connectivity index (χ0n) is 11.1. The maximum absolute atomic E-state index is 12.0. The van der Waals surface area contributed by atoms with Gasteiger partial charge in [0.05, 0.1) is 5.25 Å². The van der Waals surface area contributed by atoms with Crippen molar-refractivity contribution in [3.63, 3.8) is 0 Å². The van der Waals surface area contributed by atoms with E-state index in [9.17, 15) is 4.79 Å². The molecular weight excluding hydrogens is 230 g/mol. The maximum atomic E-state index is 12.0. The summed E-state index contributed by atoms with van der Waals surface area (Å²) >= 11 is 4.38. The summed E-state index contributed by atoms with van der Waals surface area (Å²) in [5.41, 5.74) is 0. The van der Waals surface area contributed by atoms with E-state index in [1.807, 2.05) is 13.8 Å². The Bertz CT molecular complexity index is 292. The third-order valence-electron chi connectivity index (χ3n) is 4.71. The number of hydrogen-bond acceptors (Lipinski definition) is 2. The summed E-state index contributed by atoms with van der Waals surface area (Å²) in [5, 5.41) is 3.00. The lowest BCUT2D eigenvalue weighted by molar-refractivity contribution is -0.122. The Hall–Kier alpha value is -0.180. The Balaban J connectivity index is 1.85. The molecule has 98 valence electrons. The average molecular weight is 255 g/mol. The van der Waals surface area contributed by atoms with Crippen LogP contribution in [-0.2, 0) is 4.79 Å². The predicted molar refractivity (Wildman–Crippen MR) is 74.2 cm³/mol. The first-order valence-corrected chi connectivity index (χ1v) is 7.49. The van der Waals surface area contributed by atoms with Crippen LogP contribution < -0.4 is 5.32 Å². The van der Waals surface area contributed by atoms with Crippen molar-refractivity contribution in [3.8, 4) is 0 Å². The summed E-state index contributed by atoms with van der Waals surface area (Å²) in [4.78, 5) is 12.0. The molecule has 0 saturated heterocycles. The van der Waals surface area contributed by atoms with Crippen molar-refractivity contribution in [3.05, 3.63) is 0 Å². The summed E-state index contributed by atoms with van der Waals surface area (Å²) in [6, 6.07) is 0.325. The topological polar surface area (TPSA) is 29.1 Å². The summed E-state index contributed by atoms with van der Waals surface area (Å²) in [6.45, 7) is 6.25. The van der Waals surface area contributed by atoms with E-state index in [0.717, 1.165) is 11.8 Å². The number of carbonyl (C=O) groups is 1. The van der Waals surface area contributed by atoms with Crippen LogP contribution in [0, 0.1) is 23.7 Å². The second-order valence-electron chi connectivity index (χ2n) is 6.32. The molecule has 3 heteroatoms. The highest BCUT2D eigenvalue weighted by Crippen LogP contribution is 2.49.